The van der Waals surface area contributed by atoms with Crippen LogP contribution in [-0.2, 0) is 25.7 Å². The largest absolute Gasteiger partial charge is 0.461 e. The van der Waals surface area contributed by atoms with E-state index < -0.39 is 0 Å². The molecule has 8 nitrogen and oxygen atoms in total. The Hall–Kier alpha value is -2.45. The molecule has 1 saturated heterocycles. The molecule has 1 N–H and O–H groups in total. The molecule has 1 aromatic rings. The van der Waals surface area contributed by atoms with Crippen LogP contribution in [0, 0.1) is 13.8 Å². The summed E-state index contributed by atoms with van der Waals surface area (Å²) in [4.78, 5) is 39.1. The average molecular weight is 420 g/mol. The van der Waals surface area contributed by atoms with E-state index in [0.717, 1.165) is 49.4 Å². The van der Waals surface area contributed by atoms with Crippen molar-refractivity contribution in [3.63, 3.8) is 0 Å². The van der Waals surface area contributed by atoms with E-state index in [0.29, 0.717) is 18.7 Å². The summed E-state index contributed by atoms with van der Waals surface area (Å²) in [6.07, 6.45) is 0.504. The number of ether oxygens (including phenoxy) is 2. The molecule has 1 fully saturated rings. The molecule has 0 spiro atoms. The highest BCUT2D eigenvalue weighted by atomic mass is 16.5. The van der Waals surface area contributed by atoms with E-state index in [1.165, 1.54) is 6.92 Å². The van der Waals surface area contributed by atoms with Crippen molar-refractivity contribution < 1.29 is 23.9 Å². The van der Waals surface area contributed by atoms with E-state index in [-0.39, 0.29) is 31.0 Å². The number of amides is 1. The predicted octanol–water partition coefficient (Wildman–Crippen LogP) is 1.42. The van der Waals surface area contributed by atoms with Gasteiger partial charge in [-0.3, -0.25) is 24.2 Å². The number of carbonyl (C=O) groups excluding carboxylic acids is 3. The lowest BCUT2D eigenvalue weighted by atomic mass is 10.1. The Morgan fingerprint density at radius 3 is 2.20 bits per heavy atom. The highest BCUT2D eigenvalue weighted by Crippen LogP contribution is 2.25. The number of carbonyl (C=O) groups is 3. The third kappa shape index (κ3) is 7.76. The van der Waals surface area contributed by atoms with Crippen LogP contribution in [0.4, 0.5) is 0 Å². The molecular weight excluding hydrogens is 386 g/mol. The van der Waals surface area contributed by atoms with Crippen molar-refractivity contribution in [3.8, 4) is 5.75 Å². The molecule has 0 radical (unpaired) electrons. The van der Waals surface area contributed by atoms with Crippen LogP contribution in [0.3, 0.4) is 0 Å². The highest BCUT2D eigenvalue weighted by Gasteiger charge is 2.20. The lowest BCUT2D eigenvalue weighted by molar-refractivity contribution is -0.142. The number of hydrogen-bond acceptors (Lipinski definition) is 7. The summed E-state index contributed by atoms with van der Waals surface area (Å²) in [5.41, 5.74) is 2.54. The molecule has 1 amide bonds. The topological polar surface area (TPSA) is 88.2 Å². The molecule has 166 valence electrons. The molecule has 0 aromatic heterocycles. The maximum atomic E-state index is 12.5. The van der Waals surface area contributed by atoms with Crippen LogP contribution in [0.1, 0.15) is 37.0 Å². The van der Waals surface area contributed by atoms with Gasteiger partial charge in [-0.1, -0.05) is 6.92 Å². The van der Waals surface area contributed by atoms with Crippen molar-refractivity contribution in [2.75, 3.05) is 45.8 Å². The number of benzene rings is 1. The number of rotatable bonds is 9. The summed E-state index contributed by atoms with van der Waals surface area (Å²) >= 11 is 0. The van der Waals surface area contributed by atoms with Gasteiger partial charge in [-0.05, 0) is 42.7 Å². The van der Waals surface area contributed by atoms with Gasteiger partial charge in [0.25, 0.3) is 0 Å². The number of hydrogen-bond donors (Lipinski definition) is 1. The highest BCUT2D eigenvalue weighted by molar-refractivity contribution is 5.76. The monoisotopic (exact) mass is 419 g/mol. The molecular formula is C22H33N3O5. The zero-order chi connectivity index (χ0) is 22.1. The number of esters is 2. The minimum atomic E-state index is -0.327. The Morgan fingerprint density at radius 1 is 1.03 bits per heavy atom. The van der Waals surface area contributed by atoms with E-state index in [9.17, 15) is 14.4 Å². The quantitative estimate of drug-likeness (QED) is 0.478. The molecule has 0 unspecified atom stereocenters. The van der Waals surface area contributed by atoms with Gasteiger partial charge in [0.1, 0.15) is 12.4 Å². The van der Waals surface area contributed by atoms with Crippen LogP contribution in [0.5, 0.6) is 5.75 Å². The molecule has 8 heteroatoms. The second-order valence-corrected chi connectivity index (χ2v) is 7.63. The fourth-order valence-electron chi connectivity index (χ4n) is 3.45. The second-order valence-electron chi connectivity index (χ2n) is 7.63. The lowest BCUT2D eigenvalue weighted by Gasteiger charge is -2.34. The molecule has 30 heavy (non-hydrogen) atoms. The summed E-state index contributed by atoms with van der Waals surface area (Å²) in [5, 5.41) is 2.89. The third-order valence-electron chi connectivity index (χ3n) is 5.07. The van der Waals surface area contributed by atoms with Crippen molar-refractivity contribution in [1.82, 2.24) is 15.1 Å². The molecule has 2 rings (SSSR count). The number of piperazine rings is 1. The van der Waals surface area contributed by atoms with Crippen molar-refractivity contribution in [3.05, 3.63) is 28.8 Å². The third-order valence-corrected chi connectivity index (χ3v) is 5.07. The van der Waals surface area contributed by atoms with Crippen molar-refractivity contribution >= 4 is 17.8 Å². The zero-order valence-electron chi connectivity index (χ0n) is 18.5. The van der Waals surface area contributed by atoms with E-state index in [1.807, 2.05) is 32.9 Å². The molecule has 0 bridgehead atoms. The van der Waals surface area contributed by atoms with Gasteiger partial charge in [-0.2, -0.15) is 0 Å². The fraction of sp³-hybridized carbons (Fsp3) is 0.591. The van der Waals surface area contributed by atoms with Gasteiger partial charge < -0.3 is 14.8 Å². The Kier molecular flexibility index (Phi) is 9.26. The minimum Gasteiger partial charge on any atom is -0.461 e. The molecule has 0 aliphatic carbocycles. The van der Waals surface area contributed by atoms with E-state index in [2.05, 4.69) is 15.1 Å². The standard InChI is InChI=1S/C22H33N3O5/c1-5-20(27)23-6-7-24-8-10-25(11-9-24)14-21(28)30-22-16(2)12-19(13-17(22)3)15-29-18(4)26/h12-13H,5-11,14-15H2,1-4H3,(H,23,27). The number of nitrogens with one attached hydrogen (secondary N) is 1. The van der Waals surface area contributed by atoms with E-state index in [4.69, 9.17) is 9.47 Å². The summed E-state index contributed by atoms with van der Waals surface area (Å²) in [7, 11) is 0. The van der Waals surface area contributed by atoms with Crippen molar-refractivity contribution in [2.24, 2.45) is 0 Å². The molecule has 0 saturated carbocycles. The molecule has 1 aliphatic heterocycles. The Balaban J connectivity index is 1.78. The lowest BCUT2D eigenvalue weighted by Crippen LogP contribution is -2.50. The van der Waals surface area contributed by atoms with Gasteiger partial charge in [0.2, 0.25) is 5.91 Å². The summed E-state index contributed by atoms with van der Waals surface area (Å²) < 4.78 is 10.7. The van der Waals surface area contributed by atoms with E-state index >= 15 is 0 Å². The summed E-state index contributed by atoms with van der Waals surface area (Å²) in [6.45, 7) is 12.2. The maximum absolute atomic E-state index is 12.5. The van der Waals surface area contributed by atoms with Crippen molar-refractivity contribution in [1.29, 1.82) is 0 Å². The van der Waals surface area contributed by atoms with Gasteiger partial charge >= 0.3 is 11.9 Å². The number of nitrogens with zero attached hydrogens (tertiary/aromatic N) is 2. The Labute approximate surface area is 178 Å². The normalized spacial score (nSPS) is 14.9. The van der Waals surface area contributed by atoms with Crippen molar-refractivity contribution in [2.45, 2.75) is 40.7 Å². The minimum absolute atomic E-state index is 0.0707. The Morgan fingerprint density at radius 2 is 1.63 bits per heavy atom. The first-order valence-corrected chi connectivity index (χ1v) is 10.4. The zero-order valence-corrected chi connectivity index (χ0v) is 18.5. The molecule has 1 aromatic carbocycles. The first-order chi connectivity index (χ1) is 14.3. The van der Waals surface area contributed by atoms with Crippen LogP contribution in [0.2, 0.25) is 0 Å². The first-order valence-electron chi connectivity index (χ1n) is 10.4. The molecule has 1 aliphatic rings. The predicted molar refractivity (Wildman–Crippen MR) is 113 cm³/mol. The van der Waals surface area contributed by atoms with E-state index in [1.54, 1.807) is 0 Å². The van der Waals surface area contributed by atoms with Gasteiger partial charge in [-0.15, -0.1) is 0 Å². The fourth-order valence-corrected chi connectivity index (χ4v) is 3.45. The van der Waals surface area contributed by atoms with Crippen LogP contribution in [0.15, 0.2) is 12.1 Å². The summed E-state index contributed by atoms with van der Waals surface area (Å²) in [5.74, 6) is 0.0301. The molecule has 1 heterocycles. The summed E-state index contributed by atoms with van der Waals surface area (Å²) in [6, 6.07) is 3.74. The SMILES string of the molecule is CCC(=O)NCCN1CCN(CC(=O)Oc2c(C)cc(COC(C)=O)cc2C)CC1. The second kappa shape index (κ2) is 11.7. The van der Waals surface area contributed by atoms with Crippen LogP contribution in [0.25, 0.3) is 0 Å². The smallest absolute Gasteiger partial charge is 0.325 e. The van der Waals surface area contributed by atoms with Gasteiger partial charge in [0.15, 0.2) is 0 Å². The van der Waals surface area contributed by atoms with Crippen LogP contribution in [-0.4, -0.2) is 73.5 Å². The average Bonchev–Trinajstić information content (AvgIpc) is 2.70. The van der Waals surface area contributed by atoms with Crippen LogP contribution >= 0.6 is 0 Å². The first kappa shape index (κ1) is 23.8. The van der Waals surface area contributed by atoms with Gasteiger partial charge in [0, 0.05) is 52.6 Å². The van der Waals surface area contributed by atoms with Gasteiger partial charge in [-0.25, -0.2) is 0 Å². The molecule has 0 atom stereocenters. The van der Waals surface area contributed by atoms with Crippen LogP contribution < -0.4 is 10.1 Å². The Bertz CT molecular complexity index is 734. The number of aryl methyl sites for hydroxylation is 2. The maximum Gasteiger partial charge on any atom is 0.325 e. The van der Waals surface area contributed by atoms with Gasteiger partial charge in [0.05, 0.1) is 6.54 Å².